The third-order valence-corrected chi connectivity index (χ3v) is 9.44. The first kappa shape index (κ1) is 29.7. The largest absolute Gasteiger partial charge is 0.490 e. The average molecular weight is 642 g/mol. The first-order valence-electron chi connectivity index (χ1n) is 14.6. The number of carboxylic acids is 1. The van der Waals surface area contributed by atoms with Gasteiger partial charge in [-0.25, -0.2) is 4.79 Å². The molecule has 0 spiro atoms. The summed E-state index contributed by atoms with van der Waals surface area (Å²) in [5.41, 5.74) is 1.92. The Labute approximate surface area is 254 Å². The number of amidine groups is 1. The van der Waals surface area contributed by atoms with Crippen molar-refractivity contribution in [2.45, 2.75) is 89.8 Å². The minimum Gasteiger partial charge on any atom is -0.490 e. The molecule has 0 aromatic heterocycles. The SMILES string of the molecule is CCOc1cc(C=C2SC(=NC3CCCCC3)N(C3CCCCC3)C2=O)cc(Br)c1OCc1ccc(C(=O)O)cc1. The van der Waals surface area contributed by atoms with Gasteiger partial charge < -0.3 is 14.6 Å². The van der Waals surface area contributed by atoms with Crippen molar-refractivity contribution in [3.8, 4) is 11.5 Å². The van der Waals surface area contributed by atoms with Gasteiger partial charge in [-0.2, -0.15) is 0 Å². The van der Waals surface area contributed by atoms with Crippen LogP contribution in [0, 0.1) is 0 Å². The molecule has 1 amide bonds. The van der Waals surface area contributed by atoms with E-state index in [1.807, 2.05) is 30.0 Å². The monoisotopic (exact) mass is 640 g/mol. The molecule has 218 valence electrons. The van der Waals surface area contributed by atoms with Gasteiger partial charge in [0.1, 0.15) is 6.61 Å². The number of rotatable bonds is 9. The van der Waals surface area contributed by atoms with Gasteiger partial charge in [0.25, 0.3) is 5.91 Å². The molecule has 9 heteroatoms. The van der Waals surface area contributed by atoms with E-state index in [4.69, 9.17) is 19.6 Å². The third-order valence-electron chi connectivity index (χ3n) is 7.86. The van der Waals surface area contributed by atoms with Crippen molar-refractivity contribution >= 4 is 50.8 Å². The minimum absolute atomic E-state index is 0.0516. The van der Waals surface area contributed by atoms with Gasteiger partial charge in [-0.3, -0.25) is 14.7 Å². The Morgan fingerprint density at radius 3 is 2.39 bits per heavy atom. The van der Waals surface area contributed by atoms with Crippen LogP contribution in [0.4, 0.5) is 0 Å². The zero-order valence-corrected chi connectivity index (χ0v) is 25.8. The summed E-state index contributed by atoms with van der Waals surface area (Å²) in [6, 6.07) is 11.0. The van der Waals surface area contributed by atoms with Gasteiger partial charge in [0.05, 0.1) is 27.6 Å². The molecule has 1 saturated heterocycles. The van der Waals surface area contributed by atoms with Gasteiger partial charge >= 0.3 is 5.97 Å². The predicted octanol–water partition coefficient (Wildman–Crippen LogP) is 8.06. The van der Waals surface area contributed by atoms with Gasteiger partial charge in [0.15, 0.2) is 16.7 Å². The molecule has 3 fully saturated rings. The smallest absolute Gasteiger partial charge is 0.335 e. The number of carbonyl (C=O) groups excluding carboxylic acids is 1. The lowest BCUT2D eigenvalue weighted by molar-refractivity contribution is -0.124. The van der Waals surface area contributed by atoms with E-state index >= 15 is 0 Å². The summed E-state index contributed by atoms with van der Waals surface area (Å²) < 4.78 is 12.8. The Balaban J connectivity index is 1.39. The Kier molecular flexibility index (Phi) is 10.1. The topological polar surface area (TPSA) is 88.4 Å². The van der Waals surface area contributed by atoms with Gasteiger partial charge in [-0.1, -0.05) is 50.7 Å². The predicted molar refractivity (Wildman–Crippen MR) is 167 cm³/mol. The first-order chi connectivity index (χ1) is 19.9. The zero-order valence-electron chi connectivity index (χ0n) is 23.4. The number of carboxylic acid groups (broad SMARTS) is 1. The summed E-state index contributed by atoms with van der Waals surface area (Å²) >= 11 is 5.16. The van der Waals surface area contributed by atoms with E-state index in [2.05, 4.69) is 15.9 Å². The molecule has 0 radical (unpaired) electrons. The minimum atomic E-state index is -0.961. The normalized spacial score (nSPS) is 20.6. The number of carbonyl (C=O) groups is 2. The van der Waals surface area contributed by atoms with E-state index < -0.39 is 5.97 Å². The molecule has 1 aliphatic heterocycles. The van der Waals surface area contributed by atoms with Crippen LogP contribution in [0.3, 0.4) is 0 Å². The van der Waals surface area contributed by atoms with Crippen molar-refractivity contribution in [2.75, 3.05) is 6.61 Å². The quantitative estimate of drug-likeness (QED) is 0.279. The maximum atomic E-state index is 13.8. The number of benzene rings is 2. The van der Waals surface area contributed by atoms with Gasteiger partial charge in [-0.05, 0) is 102 Å². The van der Waals surface area contributed by atoms with Crippen LogP contribution in [0.25, 0.3) is 6.08 Å². The fourth-order valence-corrected chi connectivity index (χ4v) is 7.41. The van der Waals surface area contributed by atoms with Gasteiger partial charge in [0, 0.05) is 6.04 Å². The van der Waals surface area contributed by atoms with Crippen LogP contribution in [-0.2, 0) is 11.4 Å². The van der Waals surface area contributed by atoms with E-state index in [9.17, 15) is 9.59 Å². The molecule has 0 atom stereocenters. The lowest BCUT2D eigenvalue weighted by Crippen LogP contribution is -2.41. The number of aromatic carboxylic acids is 1. The molecule has 7 nitrogen and oxygen atoms in total. The Bertz CT molecular complexity index is 1310. The first-order valence-corrected chi connectivity index (χ1v) is 16.3. The molecule has 1 N–H and O–H groups in total. The van der Waals surface area contributed by atoms with Crippen LogP contribution >= 0.6 is 27.7 Å². The van der Waals surface area contributed by atoms with E-state index in [1.165, 1.54) is 37.4 Å². The highest BCUT2D eigenvalue weighted by Crippen LogP contribution is 2.41. The maximum absolute atomic E-state index is 13.8. The Morgan fingerprint density at radius 1 is 1.05 bits per heavy atom. The van der Waals surface area contributed by atoms with Crippen molar-refractivity contribution < 1.29 is 24.2 Å². The lowest BCUT2D eigenvalue weighted by Gasteiger charge is -2.31. The molecule has 2 aromatic carbocycles. The van der Waals surface area contributed by atoms with Crippen molar-refractivity contribution in [2.24, 2.45) is 4.99 Å². The number of aliphatic imine (C=N–C) groups is 1. The van der Waals surface area contributed by atoms with Crippen LogP contribution in [0.1, 0.15) is 92.6 Å². The summed E-state index contributed by atoms with van der Waals surface area (Å²) in [4.78, 5) is 32.8. The number of hydrogen-bond acceptors (Lipinski definition) is 6. The zero-order chi connectivity index (χ0) is 28.8. The summed E-state index contributed by atoms with van der Waals surface area (Å²) in [5.74, 6) is 0.226. The number of thioether (sulfide) groups is 1. The number of hydrogen-bond donors (Lipinski definition) is 1. The molecule has 2 aliphatic carbocycles. The second-order valence-electron chi connectivity index (χ2n) is 10.8. The molecule has 2 saturated carbocycles. The molecular formula is C32H37BrN2O5S. The number of nitrogens with zero attached hydrogens (tertiary/aromatic N) is 2. The Morgan fingerprint density at radius 2 is 1.73 bits per heavy atom. The van der Waals surface area contributed by atoms with Crippen LogP contribution < -0.4 is 9.47 Å². The molecule has 1 heterocycles. The number of halogens is 1. The molecule has 0 unspecified atom stereocenters. The molecule has 41 heavy (non-hydrogen) atoms. The third kappa shape index (κ3) is 7.36. The van der Waals surface area contributed by atoms with Crippen LogP contribution in [0.2, 0.25) is 0 Å². The van der Waals surface area contributed by atoms with E-state index in [0.29, 0.717) is 33.5 Å². The summed E-state index contributed by atoms with van der Waals surface area (Å²) in [5, 5.41) is 10.0. The molecule has 0 bridgehead atoms. The number of amides is 1. The highest BCUT2D eigenvalue weighted by Gasteiger charge is 2.39. The number of ether oxygens (including phenoxy) is 2. The van der Waals surface area contributed by atoms with E-state index in [-0.39, 0.29) is 24.1 Å². The summed E-state index contributed by atoms with van der Waals surface area (Å²) in [6.45, 7) is 2.63. The molecule has 5 rings (SSSR count). The van der Waals surface area contributed by atoms with Crippen LogP contribution in [0.15, 0.2) is 50.8 Å². The van der Waals surface area contributed by atoms with Crippen LogP contribution in [0.5, 0.6) is 11.5 Å². The van der Waals surface area contributed by atoms with Crippen molar-refractivity contribution in [3.63, 3.8) is 0 Å². The summed E-state index contributed by atoms with van der Waals surface area (Å²) in [6.07, 6.45) is 13.5. The molecule has 3 aliphatic rings. The average Bonchev–Trinajstić information content (AvgIpc) is 3.27. The highest BCUT2D eigenvalue weighted by molar-refractivity contribution is 9.10. The highest BCUT2D eigenvalue weighted by atomic mass is 79.9. The maximum Gasteiger partial charge on any atom is 0.335 e. The fraction of sp³-hybridized carbons (Fsp3) is 0.469. The lowest BCUT2D eigenvalue weighted by atomic mass is 9.94. The fourth-order valence-electron chi connectivity index (χ4n) is 5.73. The molecular weight excluding hydrogens is 604 g/mol. The van der Waals surface area contributed by atoms with E-state index in [1.54, 1.807) is 24.3 Å². The van der Waals surface area contributed by atoms with Crippen molar-refractivity contribution in [1.82, 2.24) is 4.90 Å². The second-order valence-corrected chi connectivity index (χ2v) is 12.7. The Hall–Kier alpha value is -2.78. The standard InChI is InChI=1S/C32H37BrN2O5S/c1-2-39-27-18-22(17-26(33)29(27)40-20-21-13-15-23(16-14-21)31(37)38)19-28-30(36)35(25-11-7-4-8-12-25)32(41-28)34-24-9-5-3-6-10-24/h13-19,24-25H,2-12,20H2,1H3,(H,37,38). The van der Waals surface area contributed by atoms with Crippen molar-refractivity contribution in [3.05, 3.63) is 62.5 Å². The molecule has 2 aromatic rings. The summed E-state index contributed by atoms with van der Waals surface area (Å²) in [7, 11) is 0. The van der Waals surface area contributed by atoms with E-state index in [0.717, 1.165) is 54.8 Å². The second kappa shape index (κ2) is 13.9. The van der Waals surface area contributed by atoms with Gasteiger partial charge in [-0.15, -0.1) is 0 Å². The van der Waals surface area contributed by atoms with Crippen LogP contribution in [-0.4, -0.2) is 45.7 Å². The van der Waals surface area contributed by atoms with Crippen molar-refractivity contribution in [1.29, 1.82) is 0 Å². The van der Waals surface area contributed by atoms with Gasteiger partial charge in [0.2, 0.25) is 0 Å².